The predicted octanol–water partition coefficient (Wildman–Crippen LogP) is 2.95. The second-order valence-corrected chi connectivity index (χ2v) is 5.32. The number of aromatic nitrogens is 1. The van der Waals surface area contributed by atoms with Crippen molar-refractivity contribution in [3.63, 3.8) is 0 Å². The summed E-state index contributed by atoms with van der Waals surface area (Å²) in [5.41, 5.74) is 3.16. The first-order valence-corrected chi connectivity index (χ1v) is 7.29. The van der Waals surface area contributed by atoms with Gasteiger partial charge in [-0.2, -0.15) is 0 Å². The third kappa shape index (κ3) is 3.18. The number of aliphatic carboxylic acids is 1. The van der Waals surface area contributed by atoms with Crippen molar-refractivity contribution in [2.45, 2.75) is 19.0 Å². The van der Waals surface area contributed by atoms with Crippen molar-refractivity contribution in [1.82, 2.24) is 10.3 Å². The summed E-state index contributed by atoms with van der Waals surface area (Å²) in [6.07, 6.45) is 2.40. The maximum atomic E-state index is 11.5. The Kier molecular flexibility index (Phi) is 4.21. The maximum absolute atomic E-state index is 11.5. The van der Waals surface area contributed by atoms with E-state index in [1.165, 1.54) is 0 Å². The molecule has 0 aliphatic heterocycles. The number of nitrogens with one attached hydrogen (secondary N) is 2. The van der Waals surface area contributed by atoms with Crippen LogP contribution in [0.2, 0.25) is 0 Å². The van der Waals surface area contributed by atoms with E-state index in [4.69, 9.17) is 0 Å². The number of para-hydroxylation sites is 1. The first kappa shape index (κ1) is 14.4. The highest BCUT2D eigenvalue weighted by Gasteiger charge is 2.17. The fourth-order valence-electron chi connectivity index (χ4n) is 2.61. The molecule has 4 heteroatoms. The van der Waals surface area contributed by atoms with Crippen molar-refractivity contribution in [3.8, 4) is 0 Å². The Morgan fingerprint density at radius 1 is 1.09 bits per heavy atom. The van der Waals surface area contributed by atoms with Gasteiger partial charge in [-0.15, -0.1) is 0 Å². The van der Waals surface area contributed by atoms with Crippen LogP contribution in [0.3, 0.4) is 0 Å². The van der Waals surface area contributed by atoms with Gasteiger partial charge < -0.3 is 10.1 Å². The molecule has 0 unspecified atom stereocenters. The molecule has 0 spiro atoms. The number of benzene rings is 2. The zero-order valence-electron chi connectivity index (χ0n) is 12.1. The lowest BCUT2D eigenvalue weighted by molar-refractivity contribution is -0.139. The van der Waals surface area contributed by atoms with E-state index >= 15 is 0 Å². The molecule has 1 atom stereocenters. The van der Waals surface area contributed by atoms with Gasteiger partial charge in [0.05, 0.1) is 0 Å². The summed E-state index contributed by atoms with van der Waals surface area (Å²) in [5, 5.41) is 13.7. The Hall–Kier alpha value is -2.59. The molecule has 112 valence electrons. The Balaban J connectivity index is 1.71. The van der Waals surface area contributed by atoms with Crippen LogP contribution in [0.25, 0.3) is 10.9 Å². The smallest absolute Gasteiger partial charge is 0.321 e. The van der Waals surface area contributed by atoms with Gasteiger partial charge in [0.15, 0.2) is 0 Å². The zero-order chi connectivity index (χ0) is 15.4. The van der Waals surface area contributed by atoms with Crippen LogP contribution in [0.4, 0.5) is 0 Å². The van der Waals surface area contributed by atoms with Gasteiger partial charge in [0.2, 0.25) is 0 Å². The highest BCUT2D eigenvalue weighted by molar-refractivity contribution is 5.83. The van der Waals surface area contributed by atoms with Crippen molar-refractivity contribution in [3.05, 3.63) is 71.9 Å². The van der Waals surface area contributed by atoms with Gasteiger partial charge in [-0.1, -0.05) is 48.5 Å². The summed E-state index contributed by atoms with van der Waals surface area (Å²) in [7, 11) is 0. The maximum Gasteiger partial charge on any atom is 0.321 e. The first-order valence-electron chi connectivity index (χ1n) is 7.29. The molecule has 1 aromatic heterocycles. The lowest BCUT2D eigenvalue weighted by atomic mass is 10.1. The number of fused-ring (bicyclic) bond motifs is 1. The van der Waals surface area contributed by atoms with Crippen molar-refractivity contribution in [2.75, 3.05) is 0 Å². The molecular weight excluding hydrogens is 276 g/mol. The predicted molar refractivity (Wildman–Crippen MR) is 86.7 cm³/mol. The molecule has 3 N–H and O–H groups in total. The molecule has 1 heterocycles. The summed E-state index contributed by atoms with van der Waals surface area (Å²) in [6, 6.07) is 17.1. The summed E-state index contributed by atoms with van der Waals surface area (Å²) in [6.45, 7) is 0.522. The van der Waals surface area contributed by atoms with E-state index in [-0.39, 0.29) is 0 Å². The molecule has 0 aliphatic carbocycles. The fraction of sp³-hybridized carbons (Fsp3) is 0.167. The van der Waals surface area contributed by atoms with Gasteiger partial charge in [0.25, 0.3) is 0 Å². The SMILES string of the molecule is O=C(O)[C@H](Cc1ccccc1)NCc1c[nH]c2ccccc12. The van der Waals surface area contributed by atoms with Gasteiger partial charge >= 0.3 is 5.97 Å². The summed E-state index contributed by atoms with van der Waals surface area (Å²) in [5.74, 6) is -0.830. The van der Waals surface area contributed by atoms with Crippen molar-refractivity contribution in [1.29, 1.82) is 0 Å². The third-order valence-corrected chi connectivity index (χ3v) is 3.79. The topological polar surface area (TPSA) is 65.1 Å². The van der Waals surface area contributed by atoms with Crippen LogP contribution in [-0.2, 0) is 17.8 Å². The normalized spacial score (nSPS) is 12.4. The number of carbonyl (C=O) groups is 1. The van der Waals surface area contributed by atoms with Crippen LogP contribution >= 0.6 is 0 Å². The van der Waals surface area contributed by atoms with E-state index in [0.29, 0.717) is 13.0 Å². The van der Waals surface area contributed by atoms with E-state index in [1.54, 1.807) is 0 Å². The Bertz CT molecular complexity index is 765. The van der Waals surface area contributed by atoms with E-state index in [1.807, 2.05) is 60.8 Å². The molecule has 22 heavy (non-hydrogen) atoms. The van der Waals surface area contributed by atoms with Gasteiger partial charge in [-0.3, -0.25) is 10.1 Å². The number of rotatable bonds is 6. The number of H-pyrrole nitrogens is 1. The standard InChI is InChI=1S/C18H18N2O2/c21-18(22)17(10-13-6-2-1-3-7-13)20-12-14-11-19-16-9-5-4-8-15(14)16/h1-9,11,17,19-20H,10,12H2,(H,21,22)/t17-/m0/s1. The molecule has 3 rings (SSSR count). The van der Waals surface area contributed by atoms with Crippen LogP contribution in [0.1, 0.15) is 11.1 Å². The average molecular weight is 294 g/mol. The molecule has 4 nitrogen and oxygen atoms in total. The summed E-state index contributed by atoms with van der Waals surface area (Å²) >= 11 is 0. The molecule has 3 aromatic rings. The quantitative estimate of drug-likeness (QED) is 0.655. The number of hydrogen-bond donors (Lipinski definition) is 3. The summed E-state index contributed by atoms with van der Waals surface area (Å²) in [4.78, 5) is 14.7. The van der Waals surface area contributed by atoms with E-state index in [2.05, 4.69) is 10.3 Å². The third-order valence-electron chi connectivity index (χ3n) is 3.79. The van der Waals surface area contributed by atoms with Crippen molar-refractivity contribution < 1.29 is 9.90 Å². The number of aromatic amines is 1. The molecule has 0 aliphatic rings. The molecule has 0 saturated carbocycles. The van der Waals surface area contributed by atoms with Crippen LogP contribution < -0.4 is 5.32 Å². The van der Waals surface area contributed by atoms with Crippen LogP contribution in [0, 0.1) is 0 Å². The molecule has 2 aromatic carbocycles. The van der Waals surface area contributed by atoms with E-state index in [0.717, 1.165) is 22.0 Å². The number of hydrogen-bond acceptors (Lipinski definition) is 2. The van der Waals surface area contributed by atoms with Crippen molar-refractivity contribution in [2.24, 2.45) is 0 Å². The summed E-state index contributed by atoms with van der Waals surface area (Å²) < 4.78 is 0. The Labute approximate surface area is 128 Å². The first-order chi connectivity index (χ1) is 10.7. The molecule has 0 fully saturated rings. The van der Waals surface area contributed by atoms with Gasteiger partial charge in [0.1, 0.15) is 6.04 Å². The van der Waals surface area contributed by atoms with Gasteiger partial charge in [-0.05, 0) is 23.6 Å². The minimum absolute atomic E-state index is 0.471. The van der Waals surface area contributed by atoms with Gasteiger partial charge in [-0.25, -0.2) is 0 Å². The van der Waals surface area contributed by atoms with E-state index in [9.17, 15) is 9.90 Å². The molecule has 0 saturated heterocycles. The highest BCUT2D eigenvalue weighted by Crippen LogP contribution is 2.17. The minimum Gasteiger partial charge on any atom is -0.480 e. The van der Waals surface area contributed by atoms with E-state index < -0.39 is 12.0 Å². The van der Waals surface area contributed by atoms with Crippen LogP contribution in [0.15, 0.2) is 60.8 Å². The van der Waals surface area contributed by atoms with Crippen molar-refractivity contribution >= 4 is 16.9 Å². The Morgan fingerprint density at radius 2 is 1.82 bits per heavy atom. The van der Waals surface area contributed by atoms with Gasteiger partial charge in [0, 0.05) is 23.6 Å². The Morgan fingerprint density at radius 3 is 2.59 bits per heavy atom. The molecule has 0 radical (unpaired) electrons. The monoisotopic (exact) mass is 294 g/mol. The van der Waals surface area contributed by atoms with Crippen LogP contribution in [-0.4, -0.2) is 22.1 Å². The zero-order valence-corrected chi connectivity index (χ0v) is 12.1. The fourth-order valence-corrected chi connectivity index (χ4v) is 2.61. The van der Waals surface area contributed by atoms with Crippen LogP contribution in [0.5, 0.6) is 0 Å². The lowest BCUT2D eigenvalue weighted by Gasteiger charge is -2.14. The molecule has 0 bridgehead atoms. The number of carboxylic acid groups (broad SMARTS) is 1. The highest BCUT2D eigenvalue weighted by atomic mass is 16.4. The molecule has 0 amide bonds. The molecular formula is C18H18N2O2. The minimum atomic E-state index is -0.830. The largest absolute Gasteiger partial charge is 0.480 e. The second kappa shape index (κ2) is 6.45. The average Bonchev–Trinajstić information content (AvgIpc) is 2.95. The number of carboxylic acids is 1. The second-order valence-electron chi connectivity index (χ2n) is 5.32. The lowest BCUT2D eigenvalue weighted by Crippen LogP contribution is -2.38.